The minimum Gasteiger partial charge on any atom is -0.349 e. The zero-order valence-corrected chi connectivity index (χ0v) is 12.1. The number of thiophene rings is 1. The lowest BCUT2D eigenvalue weighted by molar-refractivity contribution is 0.583. The monoisotopic (exact) mass is 300 g/mol. The average molecular weight is 300 g/mol. The summed E-state index contributed by atoms with van der Waals surface area (Å²) in [6.45, 7) is 2.53. The summed E-state index contributed by atoms with van der Waals surface area (Å²) in [4.78, 5) is 7.86. The van der Waals surface area contributed by atoms with Crippen molar-refractivity contribution in [2.75, 3.05) is 6.54 Å². The molecule has 2 aromatic heterocycles. The van der Waals surface area contributed by atoms with Crippen LogP contribution in [0.1, 0.15) is 16.3 Å². The molecule has 19 heavy (non-hydrogen) atoms. The van der Waals surface area contributed by atoms with Crippen molar-refractivity contribution in [3.05, 3.63) is 34.7 Å². The molecule has 4 N–H and O–H groups in total. The fourth-order valence-corrected chi connectivity index (χ4v) is 4.18. The lowest BCUT2D eigenvalue weighted by Gasteiger charge is -2.03. The van der Waals surface area contributed by atoms with Crippen molar-refractivity contribution in [3.8, 4) is 0 Å². The molecule has 0 aliphatic rings. The first-order valence-electron chi connectivity index (χ1n) is 5.80. The van der Waals surface area contributed by atoms with Crippen molar-refractivity contribution >= 4 is 21.4 Å². The Morgan fingerprint density at radius 3 is 2.89 bits per heavy atom. The molecule has 0 saturated carbocycles. The van der Waals surface area contributed by atoms with Gasteiger partial charge in [-0.25, -0.2) is 18.1 Å². The molecule has 0 amide bonds. The van der Waals surface area contributed by atoms with E-state index >= 15 is 0 Å². The third kappa shape index (κ3) is 3.41. The highest BCUT2D eigenvalue weighted by Gasteiger charge is 2.18. The second-order valence-corrected chi connectivity index (χ2v) is 7.19. The highest BCUT2D eigenvalue weighted by atomic mass is 32.2. The smallest absolute Gasteiger partial charge is 0.250 e. The van der Waals surface area contributed by atoms with Crippen LogP contribution in [0.15, 0.2) is 22.7 Å². The number of aromatic amines is 1. The zero-order chi connectivity index (χ0) is 13.9. The van der Waals surface area contributed by atoms with E-state index in [0.29, 0.717) is 23.7 Å². The molecule has 0 atom stereocenters. The van der Waals surface area contributed by atoms with E-state index in [1.807, 2.05) is 6.92 Å². The zero-order valence-electron chi connectivity index (χ0n) is 10.5. The van der Waals surface area contributed by atoms with Crippen LogP contribution in [0.3, 0.4) is 0 Å². The number of aromatic nitrogens is 2. The predicted octanol–water partition coefficient (Wildman–Crippen LogP) is 0.759. The first kappa shape index (κ1) is 14.2. The van der Waals surface area contributed by atoms with Gasteiger partial charge < -0.3 is 10.7 Å². The first-order chi connectivity index (χ1) is 9.03. The molecule has 0 unspecified atom stereocenters. The summed E-state index contributed by atoms with van der Waals surface area (Å²) in [5.41, 5.74) is 6.47. The van der Waals surface area contributed by atoms with Gasteiger partial charge >= 0.3 is 0 Å². The van der Waals surface area contributed by atoms with Crippen LogP contribution in [0, 0.1) is 6.92 Å². The highest BCUT2D eigenvalue weighted by molar-refractivity contribution is 7.91. The third-order valence-electron chi connectivity index (χ3n) is 2.66. The number of aryl methyl sites for hydroxylation is 1. The van der Waals surface area contributed by atoms with Gasteiger partial charge in [0.1, 0.15) is 10.0 Å². The number of hydrogen-bond acceptors (Lipinski definition) is 5. The third-order valence-corrected chi connectivity index (χ3v) is 5.85. The second kappa shape index (κ2) is 5.83. The van der Waals surface area contributed by atoms with Gasteiger partial charge in [-0.15, -0.1) is 11.3 Å². The summed E-state index contributed by atoms with van der Waals surface area (Å²) in [7, 11) is -3.45. The summed E-state index contributed by atoms with van der Waals surface area (Å²) in [5.74, 6) is 0.757. The maximum Gasteiger partial charge on any atom is 0.250 e. The molecule has 0 fully saturated rings. The van der Waals surface area contributed by atoms with Crippen LogP contribution in [0.25, 0.3) is 0 Å². The Kier molecular flexibility index (Phi) is 4.35. The molecule has 2 rings (SSSR count). The Morgan fingerprint density at radius 2 is 2.32 bits per heavy atom. The van der Waals surface area contributed by atoms with E-state index in [-0.39, 0.29) is 0 Å². The summed E-state index contributed by atoms with van der Waals surface area (Å²) >= 11 is 1.22. The summed E-state index contributed by atoms with van der Waals surface area (Å²) in [5, 5.41) is 0. The molecule has 2 heterocycles. The number of rotatable bonds is 6. The van der Waals surface area contributed by atoms with Gasteiger partial charge in [0, 0.05) is 36.8 Å². The van der Waals surface area contributed by atoms with Crippen molar-refractivity contribution in [3.63, 3.8) is 0 Å². The van der Waals surface area contributed by atoms with E-state index in [2.05, 4.69) is 14.7 Å². The van der Waals surface area contributed by atoms with E-state index in [4.69, 9.17) is 5.73 Å². The number of H-pyrrole nitrogens is 1. The Bertz CT molecular complexity index is 632. The first-order valence-corrected chi connectivity index (χ1v) is 8.10. The maximum atomic E-state index is 12.1. The largest absolute Gasteiger partial charge is 0.349 e. The second-order valence-electron chi connectivity index (χ2n) is 4.06. The van der Waals surface area contributed by atoms with E-state index in [9.17, 15) is 8.42 Å². The topological polar surface area (TPSA) is 101 Å². The van der Waals surface area contributed by atoms with E-state index in [0.717, 1.165) is 16.3 Å². The van der Waals surface area contributed by atoms with Crippen molar-refractivity contribution < 1.29 is 8.42 Å². The SMILES string of the molecule is Cc1cc(S(=O)(=O)NCCc2ncc[nH]2)sc1CN. The van der Waals surface area contributed by atoms with Gasteiger partial charge in [0.05, 0.1) is 0 Å². The quantitative estimate of drug-likeness (QED) is 0.733. The van der Waals surface area contributed by atoms with Crippen LogP contribution in [-0.4, -0.2) is 24.9 Å². The van der Waals surface area contributed by atoms with Crippen LogP contribution < -0.4 is 10.5 Å². The van der Waals surface area contributed by atoms with Crippen molar-refractivity contribution in [1.82, 2.24) is 14.7 Å². The number of nitrogens with one attached hydrogen (secondary N) is 2. The predicted molar refractivity (Wildman–Crippen MR) is 74.4 cm³/mol. The summed E-state index contributed by atoms with van der Waals surface area (Å²) in [6, 6.07) is 1.65. The number of sulfonamides is 1. The number of imidazole rings is 1. The molecule has 8 heteroatoms. The molecule has 0 aromatic carbocycles. The minimum absolute atomic E-state index is 0.310. The summed E-state index contributed by atoms with van der Waals surface area (Å²) in [6.07, 6.45) is 3.88. The molecule has 6 nitrogen and oxygen atoms in total. The summed E-state index contributed by atoms with van der Waals surface area (Å²) < 4.78 is 27.0. The van der Waals surface area contributed by atoms with E-state index < -0.39 is 10.0 Å². The van der Waals surface area contributed by atoms with Crippen LogP contribution in [0.2, 0.25) is 0 Å². The van der Waals surface area contributed by atoms with Crippen LogP contribution >= 0.6 is 11.3 Å². The molecule has 0 saturated heterocycles. The van der Waals surface area contributed by atoms with Gasteiger partial charge in [-0.3, -0.25) is 0 Å². The van der Waals surface area contributed by atoms with Gasteiger partial charge in [0.2, 0.25) is 10.0 Å². The van der Waals surface area contributed by atoms with Crippen LogP contribution in [0.4, 0.5) is 0 Å². The standard InChI is InChI=1S/C11H16N4O2S2/c1-8-6-11(18-9(8)7-12)19(16,17)15-3-2-10-13-4-5-14-10/h4-6,15H,2-3,7,12H2,1H3,(H,13,14). The Hall–Kier alpha value is -1.22. The fraction of sp³-hybridized carbons (Fsp3) is 0.364. The average Bonchev–Trinajstić information content (AvgIpc) is 2.98. The van der Waals surface area contributed by atoms with Crippen LogP contribution in [0.5, 0.6) is 0 Å². The fourth-order valence-electron chi connectivity index (χ4n) is 1.63. The molecule has 2 aromatic rings. The minimum atomic E-state index is -3.45. The van der Waals surface area contributed by atoms with Crippen molar-refractivity contribution in [2.24, 2.45) is 5.73 Å². The molecule has 0 radical (unpaired) electrons. The molecular formula is C11H16N4O2S2. The van der Waals surface area contributed by atoms with Gasteiger partial charge in [0.15, 0.2) is 0 Å². The molecule has 0 spiro atoms. The maximum absolute atomic E-state index is 12.1. The lowest BCUT2D eigenvalue weighted by atomic mass is 10.3. The lowest BCUT2D eigenvalue weighted by Crippen LogP contribution is -2.25. The number of hydrogen-bond donors (Lipinski definition) is 3. The van der Waals surface area contributed by atoms with Crippen molar-refractivity contribution in [1.29, 1.82) is 0 Å². The van der Waals surface area contributed by atoms with Crippen molar-refractivity contribution in [2.45, 2.75) is 24.1 Å². The molecule has 0 aliphatic heterocycles. The molecule has 104 valence electrons. The number of nitrogens with zero attached hydrogens (tertiary/aromatic N) is 1. The highest BCUT2D eigenvalue weighted by Crippen LogP contribution is 2.25. The van der Waals surface area contributed by atoms with Gasteiger partial charge in [-0.05, 0) is 18.6 Å². The normalized spacial score (nSPS) is 11.9. The Balaban J connectivity index is 2.01. The van der Waals surface area contributed by atoms with Gasteiger partial charge in [-0.1, -0.05) is 0 Å². The Morgan fingerprint density at radius 1 is 1.53 bits per heavy atom. The number of nitrogens with two attached hydrogens (primary N) is 1. The van der Waals surface area contributed by atoms with Gasteiger partial charge in [-0.2, -0.15) is 0 Å². The molecular weight excluding hydrogens is 284 g/mol. The van der Waals surface area contributed by atoms with E-state index in [1.165, 1.54) is 11.3 Å². The Labute approximate surface area is 116 Å². The van der Waals surface area contributed by atoms with Crippen LogP contribution in [-0.2, 0) is 23.0 Å². The molecule has 0 aliphatic carbocycles. The molecule has 0 bridgehead atoms. The van der Waals surface area contributed by atoms with Gasteiger partial charge in [0.25, 0.3) is 0 Å². The van der Waals surface area contributed by atoms with E-state index in [1.54, 1.807) is 18.5 Å².